The molecule has 0 bridgehead atoms. The lowest BCUT2D eigenvalue weighted by molar-refractivity contribution is -0.274. The first-order valence-electron chi connectivity index (χ1n) is 6.91. The van der Waals surface area contributed by atoms with Crippen LogP contribution in [0.4, 0.5) is 18.9 Å². The van der Waals surface area contributed by atoms with Crippen molar-refractivity contribution in [3.05, 3.63) is 42.3 Å². The van der Waals surface area contributed by atoms with E-state index < -0.39 is 22.1 Å². The zero-order valence-electron chi connectivity index (χ0n) is 12.9. The Morgan fingerprint density at radius 3 is 2.38 bits per heavy atom. The molecule has 0 saturated carbocycles. The minimum Gasteiger partial charge on any atom is -0.420 e. The highest BCUT2D eigenvalue weighted by Crippen LogP contribution is 2.31. The van der Waals surface area contributed by atoms with Crippen LogP contribution in [0.3, 0.4) is 0 Å². The normalized spacial score (nSPS) is 12.2. The first-order valence-corrected chi connectivity index (χ1v) is 9.21. The molecule has 138 valence electrons. The van der Waals surface area contributed by atoms with Crippen LogP contribution >= 0.6 is 11.3 Å². The van der Waals surface area contributed by atoms with Gasteiger partial charge >= 0.3 is 6.36 Å². The van der Waals surface area contributed by atoms with Crippen molar-refractivity contribution >= 4 is 27.0 Å². The number of nitrogens with zero attached hydrogens (tertiary/aromatic N) is 2. The minimum absolute atomic E-state index is 0.0148. The number of rotatable bonds is 5. The second-order valence-electron chi connectivity index (χ2n) is 4.92. The number of hydrogen-bond donors (Lipinski definition) is 1. The summed E-state index contributed by atoms with van der Waals surface area (Å²) in [6.45, 7) is 1.61. The van der Waals surface area contributed by atoms with Crippen molar-refractivity contribution in [1.82, 2.24) is 10.2 Å². The lowest BCUT2D eigenvalue weighted by atomic mass is 10.3. The fourth-order valence-electron chi connectivity index (χ4n) is 1.91. The molecule has 0 atom stereocenters. The third-order valence-corrected chi connectivity index (χ3v) is 5.87. The van der Waals surface area contributed by atoms with Gasteiger partial charge in [0.25, 0.3) is 15.9 Å². The van der Waals surface area contributed by atoms with Gasteiger partial charge in [-0.25, -0.2) is 8.42 Å². The molecule has 0 aliphatic heterocycles. The second kappa shape index (κ2) is 6.61. The van der Waals surface area contributed by atoms with Gasteiger partial charge in [0.05, 0.1) is 4.88 Å². The molecule has 0 spiro atoms. The van der Waals surface area contributed by atoms with E-state index >= 15 is 0 Å². The summed E-state index contributed by atoms with van der Waals surface area (Å²) in [5.74, 6) is 0.0883. The lowest BCUT2D eigenvalue weighted by Gasteiger charge is -2.10. The average molecular weight is 405 g/mol. The standard InChI is InChI=1S/C14H10F3N3O4S2/c1-8-18-19-13(23-8)11-6-7-12(25-11)26(21,22)20-9-2-4-10(5-3-9)24-14(15,16)17/h2-7,20H,1H3. The van der Waals surface area contributed by atoms with E-state index in [2.05, 4.69) is 19.7 Å². The van der Waals surface area contributed by atoms with Crippen LogP contribution in [0.15, 0.2) is 45.0 Å². The number of halogens is 3. The van der Waals surface area contributed by atoms with Gasteiger partial charge in [0, 0.05) is 12.6 Å². The number of anilines is 1. The number of sulfonamides is 1. The van der Waals surface area contributed by atoms with Gasteiger partial charge in [-0.2, -0.15) is 0 Å². The molecule has 1 N–H and O–H groups in total. The Labute approximate surface area is 149 Å². The number of thiophene rings is 1. The van der Waals surface area contributed by atoms with Crippen molar-refractivity contribution in [2.45, 2.75) is 17.5 Å². The maximum absolute atomic E-state index is 12.4. The van der Waals surface area contributed by atoms with Crippen molar-refractivity contribution in [3.63, 3.8) is 0 Å². The number of nitrogens with one attached hydrogen (secondary N) is 1. The van der Waals surface area contributed by atoms with E-state index in [0.717, 1.165) is 35.6 Å². The maximum atomic E-state index is 12.4. The zero-order valence-corrected chi connectivity index (χ0v) is 14.6. The Bertz CT molecular complexity index is 1010. The van der Waals surface area contributed by atoms with Gasteiger partial charge in [-0.3, -0.25) is 4.72 Å². The molecule has 2 heterocycles. The van der Waals surface area contributed by atoms with Gasteiger partial charge in [0.2, 0.25) is 5.89 Å². The molecule has 0 amide bonds. The molecule has 12 heteroatoms. The van der Waals surface area contributed by atoms with E-state index in [9.17, 15) is 21.6 Å². The Morgan fingerprint density at radius 2 is 1.81 bits per heavy atom. The summed E-state index contributed by atoms with van der Waals surface area (Å²) in [4.78, 5) is 0.472. The zero-order chi connectivity index (χ0) is 18.9. The number of aryl methyl sites for hydroxylation is 1. The number of hydrogen-bond acceptors (Lipinski definition) is 7. The summed E-state index contributed by atoms with van der Waals surface area (Å²) in [6.07, 6.45) is -4.82. The summed E-state index contributed by atoms with van der Waals surface area (Å²) < 4.78 is 72.4. The van der Waals surface area contributed by atoms with Crippen LogP contribution in [0.25, 0.3) is 10.8 Å². The smallest absolute Gasteiger partial charge is 0.420 e. The minimum atomic E-state index is -4.82. The number of ether oxygens (including phenoxy) is 1. The fourth-order valence-corrected chi connectivity index (χ4v) is 4.19. The van der Waals surface area contributed by atoms with E-state index in [1.165, 1.54) is 12.1 Å². The number of benzene rings is 1. The van der Waals surface area contributed by atoms with E-state index in [1.54, 1.807) is 6.92 Å². The molecule has 26 heavy (non-hydrogen) atoms. The second-order valence-corrected chi connectivity index (χ2v) is 7.92. The molecule has 0 unspecified atom stereocenters. The highest BCUT2D eigenvalue weighted by atomic mass is 32.2. The first-order chi connectivity index (χ1) is 12.1. The predicted molar refractivity (Wildman–Crippen MR) is 86.3 cm³/mol. The van der Waals surface area contributed by atoms with Crippen LogP contribution in [0, 0.1) is 6.92 Å². The van der Waals surface area contributed by atoms with Crippen LogP contribution in [0.2, 0.25) is 0 Å². The van der Waals surface area contributed by atoms with E-state index in [1.807, 2.05) is 0 Å². The SMILES string of the molecule is Cc1nnc(-c2ccc(S(=O)(=O)Nc3ccc(OC(F)(F)F)cc3)s2)o1. The topological polar surface area (TPSA) is 94.3 Å². The van der Waals surface area contributed by atoms with Crippen LogP contribution < -0.4 is 9.46 Å². The molecular weight excluding hydrogens is 395 g/mol. The molecule has 0 aliphatic carbocycles. The summed E-state index contributed by atoms with van der Waals surface area (Å²) in [5, 5.41) is 7.48. The van der Waals surface area contributed by atoms with Gasteiger partial charge in [-0.15, -0.1) is 34.7 Å². The quantitative estimate of drug-likeness (QED) is 0.694. The third kappa shape index (κ3) is 4.32. The highest BCUT2D eigenvalue weighted by molar-refractivity contribution is 7.94. The van der Waals surface area contributed by atoms with Crippen molar-refractivity contribution in [3.8, 4) is 16.5 Å². The molecular formula is C14H10F3N3O4S2. The highest BCUT2D eigenvalue weighted by Gasteiger charge is 2.31. The van der Waals surface area contributed by atoms with Crippen molar-refractivity contribution < 1.29 is 30.7 Å². The fraction of sp³-hybridized carbons (Fsp3) is 0.143. The Kier molecular flexibility index (Phi) is 4.63. The molecule has 0 radical (unpaired) electrons. The predicted octanol–water partition coefficient (Wildman–Crippen LogP) is 3.81. The maximum Gasteiger partial charge on any atom is 0.573 e. The van der Waals surface area contributed by atoms with Crippen LogP contribution in [-0.4, -0.2) is 25.0 Å². The van der Waals surface area contributed by atoms with Crippen molar-refractivity contribution in [2.24, 2.45) is 0 Å². The van der Waals surface area contributed by atoms with Gasteiger partial charge in [-0.05, 0) is 36.4 Å². The van der Waals surface area contributed by atoms with E-state index in [4.69, 9.17) is 4.42 Å². The third-order valence-electron chi connectivity index (χ3n) is 2.92. The van der Waals surface area contributed by atoms with Crippen molar-refractivity contribution in [2.75, 3.05) is 4.72 Å². The number of aromatic nitrogens is 2. The summed E-state index contributed by atoms with van der Waals surface area (Å²) in [6, 6.07) is 7.22. The van der Waals surface area contributed by atoms with Gasteiger partial charge in [0.15, 0.2) is 0 Å². The molecule has 0 saturated heterocycles. The van der Waals surface area contributed by atoms with E-state index in [-0.39, 0.29) is 15.8 Å². The molecule has 3 rings (SSSR count). The molecule has 0 fully saturated rings. The van der Waals surface area contributed by atoms with Crippen molar-refractivity contribution in [1.29, 1.82) is 0 Å². The summed E-state index contributed by atoms with van der Waals surface area (Å²) in [5.41, 5.74) is 0.0862. The van der Waals surface area contributed by atoms with E-state index in [0.29, 0.717) is 10.8 Å². The largest absolute Gasteiger partial charge is 0.573 e. The summed E-state index contributed by atoms with van der Waals surface area (Å²) in [7, 11) is -3.93. The Morgan fingerprint density at radius 1 is 1.12 bits per heavy atom. The van der Waals surface area contributed by atoms with Crippen LogP contribution in [-0.2, 0) is 10.0 Å². The van der Waals surface area contributed by atoms with Crippen LogP contribution in [0.1, 0.15) is 5.89 Å². The molecule has 3 aromatic rings. The van der Waals surface area contributed by atoms with Gasteiger partial charge < -0.3 is 9.15 Å². The molecule has 0 aliphatic rings. The lowest BCUT2D eigenvalue weighted by Crippen LogP contribution is -2.17. The van der Waals surface area contributed by atoms with Crippen LogP contribution in [0.5, 0.6) is 5.75 Å². The monoisotopic (exact) mass is 405 g/mol. The van der Waals surface area contributed by atoms with Gasteiger partial charge in [-0.1, -0.05) is 0 Å². The van der Waals surface area contributed by atoms with Gasteiger partial charge in [0.1, 0.15) is 9.96 Å². The molecule has 1 aromatic carbocycles. The number of alkyl halides is 3. The summed E-state index contributed by atoms with van der Waals surface area (Å²) >= 11 is 0.916. The molecule has 7 nitrogen and oxygen atoms in total. The Balaban J connectivity index is 1.76. The Hall–Kier alpha value is -2.60. The first kappa shape index (κ1) is 18.2. The average Bonchev–Trinajstić information content (AvgIpc) is 3.16. The molecule has 2 aromatic heterocycles.